The molecule has 5 heteroatoms. The van der Waals surface area contributed by atoms with Crippen molar-refractivity contribution in [1.29, 1.82) is 0 Å². The van der Waals surface area contributed by atoms with Crippen LogP contribution in [0.2, 0.25) is 0 Å². The van der Waals surface area contributed by atoms with Gasteiger partial charge in [0.15, 0.2) is 0 Å². The third-order valence-electron chi connectivity index (χ3n) is 3.08. The maximum absolute atomic E-state index is 5.61. The molecule has 0 fully saturated rings. The lowest BCUT2D eigenvalue weighted by Gasteiger charge is -2.09. The lowest BCUT2D eigenvalue weighted by atomic mass is 10.2. The number of nitrogens with one attached hydrogen (secondary N) is 1. The molecular formula is C16H21BrN2OS. The largest absolute Gasteiger partial charge is 0.436 e. The smallest absolute Gasteiger partial charge is 0.261 e. The number of hydrogen-bond donors (Lipinski definition) is 1. The van der Waals surface area contributed by atoms with Gasteiger partial charge in [0.05, 0.1) is 5.69 Å². The number of benzene rings is 1. The summed E-state index contributed by atoms with van der Waals surface area (Å²) >= 11 is 5.17. The van der Waals surface area contributed by atoms with Crippen LogP contribution in [-0.2, 0) is 6.54 Å². The number of aryl methyl sites for hydroxylation is 2. The average molecular weight is 369 g/mol. The summed E-state index contributed by atoms with van der Waals surface area (Å²) in [5, 5.41) is 4.14. The number of hydrogen-bond acceptors (Lipinski definition) is 4. The molecule has 1 N–H and O–H groups in total. The summed E-state index contributed by atoms with van der Waals surface area (Å²) < 4.78 is 6.69. The van der Waals surface area contributed by atoms with E-state index in [2.05, 4.69) is 58.3 Å². The molecule has 0 unspecified atom stereocenters. The Bertz CT molecular complexity index is 591. The monoisotopic (exact) mass is 368 g/mol. The van der Waals surface area contributed by atoms with Crippen LogP contribution in [0.3, 0.4) is 0 Å². The van der Waals surface area contributed by atoms with Crippen LogP contribution in [0, 0.1) is 19.8 Å². The van der Waals surface area contributed by atoms with Gasteiger partial charge in [0.2, 0.25) is 0 Å². The zero-order chi connectivity index (χ0) is 15.4. The molecule has 0 spiro atoms. The molecule has 0 radical (unpaired) electrons. The second-order valence-corrected chi connectivity index (χ2v) is 7.36. The Labute approximate surface area is 139 Å². The number of aromatic nitrogens is 1. The van der Waals surface area contributed by atoms with Crippen molar-refractivity contribution in [1.82, 2.24) is 10.3 Å². The van der Waals surface area contributed by atoms with Crippen LogP contribution in [0.5, 0.6) is 0 Å². The first kappa shape index (κ1) is 16.6. The van der Waals surface area contributed by atoms with Crippen molar-refractivity contribution >= 4 is 27.7 Å². The first-order valence-corrected chi connectivity index (χ1v) is 8.67. The van der Waals surface area contributed by atoms with Gasteiger partial charge in [-0.2, -0.15) is 0 Å². The molecule has 0 atom stereocenters. The fourth-order valence-electron chi connectivity index (χ4n) is 1.82. The SMILES string of the molecule is Cc1nc(Sc2ccc(CNCC(C)C)cc2Br)oc1C. The molecule has 2 rings (SSSR count). The van der Waals surface area contributed by atoms with Crippen LogP contribution in [0.25, 0.3) is 0 Å². The molecular weight excluding hydrogens is 348 g/mol. The molecule has 1 aromatic carbocycles. The predicted molar refractivity (Wildman–Crippen MR) is 90.8 cm³/mol. The number of halogens is 1. The molecule has 0 saturated carbocycles. The second-order valence-electron chi connectivity index (χ2n) is 5.51. The van der Waals surface area contributed by atoms with Crippen LogP contribution in [-0.4, -0.2) is 11.5 Å². The van der Waals surface area contributed by atoms with Gasteiger partial charge in [-0.15, -0.1) is 0 Å². The van der Waals surface area contributed by atoms with E-state index in [1.54, 1.807) is 11.8 Å². The van der Waals surface area contributed by atoms with Gasteiger partial charge >= 0.3 is 0 Å². The fraction of sp³-hybridized carbons (Fsp3) is 0.438. The van der Waals surface area contributed by atoms with E-state index in [-0.39, 0.29) is 0 Å². The summed E-state index contributed by atoms with van der Waals surface area (Å²) in [6.45, 7) is 10.2. The summed E-state index contributed by atoms with van der Waals surface area (Å²) in [5.74, 6) is 1.54. The lowest BCUT2D eigenvalue weighted by molar-refractivity contribution is 0.431. The standard InChI is InChI=1S/C16H21BrN2OS/c1-10(2)8-18-9-13-5-6-15(14(17)7-13)21-16-19-11(3)12(4)20-16/h5-7,10,18H,8-9H2,1-4H3. The Kier molecular flexibility index (Phi) is 5.90. The van der Waals surface area contributed by atoms with E-state index in [0.29, 0.717) is 11.1 Å². The average Bonchev–Trinajstić information content (AvgIpc) is 2.71. The van der Waals surface area contributed by atoms with Gasteiger partial charge in [-0.1, -0.05) is 19.9 Å². The Morgan fingerprint density at radius 1 is 1.33 bits per heavy atom. The van der Waals surface area contributed by atoms with Crippen LogP contribution in [0.4, 0.5) is 0 Å². The second kappa shape index (κ2) is 7.47. The molecule has 0 bridgehead atoms. The molecule has 21 heavy (non-hydrogen) atoms. The van der Waals surface area contributed by atoms with Gasteiger partial charge in [0, 0.05) is 15.9 Å². The quantitative estimate of drug-likeness (QED) is 0.782. The maximum Gasteiger partial charge on any atom is 0.261 e. The van der Waals surface area contributed by atoms with Gasteiger partial charge in [0.25, 0.3) is 5.22 Å². The predicted octanol–water partition coefficient (Wildman–Crippen LogP) is 4.95. The Morgan fingerprint density at radius 2 is 2.10 bits per heavy atom. The minimum atomic E-state index is 0.666. The maximum atomic E-state index is 5.61. The van der Waals surface area contributed by atoms with E-state index in [0.717, 1.165) is 33.9 Å². The fourth-order valence-corrected chi connectivity index (χ4v) is 3.32. The zero-order valence-corrected chi connectivity index (χ0v) is 15.3. The van der Waals surface area contributed by atoms with Gasteiger partial charge in [-0.05, 0) is 71.7 Å². The Hall–Kier alpha value is -0.780. The molecule has 114 valence electrons. The topological polar surface area (TPSA) is 38.1 Å². The van der Waals surface area contributed by atoms with Crippen LogP contribution in [0.1, 0.15) is 30.9 Å². The van der Waals surface area contributed by atoms with E-state index in [4.69, 9.17) is 4.42 Å². The number of oxazole rings is 1. The summed E-state index contributed by atoms with van der Waals surface area (Å²) in [5.41, 5.74) is 2.22. The highest BCUT2D eigenvalue weighted by molar-refractivity contribution is 9.10. The molecule has 1 aromatic heterocycles. The highest BCUT2D eigenvalue weighted by Crippen LogP contribution is 2.34. The highest BCUT2D eigenvalue weighted by Gasteiger charge is 2.10. The van der Waals surface area contributed by atoms with Gasteiger partial charge in [-0.25, -0.2) is 4.98 Å². The van der Waals surface area contributed by atoms with Crippen molar-refractivity contribution in [3.8, 4) is 0 Å². The van der Waals surface area contributed by atoms with Crippen molar-refractivity contribution in [3.05, 3.63) is 39.7 Å². The van der Waals surface area contributed by atoms with Crippen molar-refractivity contribution in [3.63, 3.8) is 0 Å². The molecule has 1 heterocycles. The van der Waals surface area contributed by atoms with Gasteiger partial charge in [-0.3, -0.25) is 0 Å². The lowest BCUT2D eigenvalue weighted by Crippen LogP contribution is -2.18. The first-order chi connectivity index (χ1) is 9.95. The summed E-state index contributed by atoms with van der Waals surface area (Å²) in [6, 6.07) is 6.40. The normalized spacial score (nSPS) is 11.3. The minimum absolute atomic E-state index is 0.666. The van der Waals surface area contributed by atoms with Crippen LogP contribution >= 0.6 is 27.7 Å². The summed E-state index contributed by atoms with van der Waals surface area (Å²) in [7, 11) is 0. The molecule has 3 nitrogen and oxygen atoms in total. The molecule has 0 amide bonds. The van der Waals surface area contributed by atoms with Crippen LogP contribution in [0.15, 0.2) is 37.2 Å². The number of nitrogens with zero attached hydrogens (tertiary/aromatic N) is 1. The first-order valence-electron chi connectivity index (χ1n) is 7.06. The summed E-state index contributed by atoms with van der Waals surface area (Å²) in [4.78, 5) is 5.52. The van der Waals surface area contributed by atoms with Crippen molar-refractivity contribution in [2.45, 2.75) is 44.4 Å². The van der Waals surface area contributed by atoms with E-state index in [9.17, 15) is 0 Å². The molecule has 0 aliphatic rings. The molecule has 0 aliphatic carbocycles. The summed E-state index contributed by atoms with van der Waals surface area (Å²) in [6.07, 6.45) is 0. The van der Waals surface area contributed by atoms with Crippen molar-refractivity contribution in [2.24, 2.45) is 5.92 Å². The van der Waals surface area contributed by atoms with E-state index >= 15 is 0 Å². The molecule has 0 aliphatic heterocycles. The van der Waals surface area contributed by atoms with Crippen molar-refractivity contribution < 1.29 is 4.42 Å². The van der Waals surface area contributed by atoms with E-state index < -0.39 is 0 Å². The van der Waals surface area contributed by atoms with Crippen molar-refractivity contribution in [2.75, 3.05) is 6.54 Å². The minimum Gasteiger partial charge on any atom is -0.436 e. The van der Waals surface area contributed by atoms with Gasteiger partial charge < -0.3 is 9.73 Å². The third kappa shape index (κ3) is 4.87. The Morgan fingerprint density at radius 3 is 2.67 bits per heavy atom. The molecule has 0 saturated heterocycles. The highest BCUT2D eigenvalue weighted by atomic mass is 79.9. The van der Waals surface area contributed by atoms with Crippen LogP contribution < -0.4 is 5.32 Å². The van der Waals surface area contributed by atoms with E-state index in [1.807, 2.05) is 13.8 Å². The van der Waals surface area contributed by atoms with E-state index in [1.165, 1.54) is 5.56 Å². The third-order valence-corrected chi connectivity index (χ3v) is 4.93. The Balaban J connectivity index is 2.01. The zero-order valence-electron chi connectivity index (χ0n) is 12.9. The van der Waals surface area contributed by atoms with Gasteiger partial charge in [0.1, 0.15) is 5.76 Å². The number of rotatable bonds is 6. The molecule has 2 aromatic rings.